The minimum absolute atomic E-state index is 0.0898. The van der Waals surface area contributed by atoms with Crippen molar-refractivity contribution in [3.63, 3.8) is 0 Å². The summed E-state index contributed by atoms with van der Waals surface area (Å²) in [6.45, 7) is 1.68. The predicted octanol–water partition coefficient (Wildman–Crippen LogP) is 3.81. The highest BCUT2D eigenvalue weighted by Gasteiger charge is 2.35. The number of carbonyl (C=O) groups is 2. The van der Waals surface area contributed by atoms with Gasteiger partial charge in [-0.3, -0.25) is 4.79 Å². The van der Waals surface area contributed by atoms with Gasteiger partial charge in [0.2, 0.25) is 5.88 Å². The van der Waals surface area contributed by atoms with Crippen molar-refractivity contribution in [2.24, 2.45) is 0 Å². The summed E-state index contributed by atoms with van der Waals surface area (Å²) in [4.78, 5) is 27.3. The lowest BCUT2D eigenvalue weighted by Crippen LogP contribution is -2.43. The Morgan fingerprint density at radius 3 is 2.75 bits per heavy atom. The zero-order valence-corrected chi connectivity index (χ0v) is 14.9. The SMILES string of the molecule is CCOC(=O)C1Oc2ccc(Oc3ncc(C(F)(F)F)cc3Cl)cc2NC1=O. The molecule has 0 fully saturated rings. The Kier molecular flexibility index (Phi) is 5.32. The smallest absolute Gasteiger partial charge is 0.417 e. The van der Waals surface area contributed by atoms with Crippen LogP contribution in [0.25, 0.3) is 0 Å². The number of ether oxygens (including phenoxy) is 3. The van der Waals surface area contributed by atoms with Gasteiger partial charge in [0.05, 0.1) is 17.9 Å². The molecule has 1 atom stereocenters. The number of anilines is 1. The van der Waals surface area contributed by atoms with Crippen LogP contribution in [0.1, 0.15) is 12.5 Å². The number of pyridine rings is 1. The number of nitrogens with zero attached hydrogens (tertiary/aromatic N) is 1. The van der Waals surface area contributed by atoms with Crippen molar-refractivity contribution in [3.05, 3.63) is 41.0 Å². The molecule has 1 aliphatic rings. The van der Waals surface area contributed by atoms with E-state index in [1.165, 1.54) is 18.2 Å². The van der Waals surface area contributed by atoms with E-state index >= 15 is 0 Å². The fraction of sp³-hybridized carbons (Fsp3) is 0.235. The number of esters is 1. The number of hydrogen-bond donors (Lipinski definition) is 1. The molecule has 1 aromatic heterocycles. The maximum atomic E-state index is 12.7. The third-order valence-electron chi connectivity index (χ3n) is 3.54. The molecule has 11 heteroatoms. The van der Waals surface area contributed by atoms with Crippen molar-refractivity contribution in [3.8, 4) is 17.4 Å². The third kappa shape index (κ3) is 4.11. The summed E-state index contributed by atoms with van der Waals surface area (Å²) in [6.07, 6.45) is -5.43. The van der Waals surface area contributed by atoms with E-state index in [0.717, 1.165) is 0 Å². The van der Waals surface area contributed by atoms with Gasteiger partial charge in [-0.15, -0.1) is 0 Å². The first-order chi connectivity index (χ1) is 13.2. The second kappa shape index (κ2) is 7.55. The van der Waals surface area contributed by atoms with Crippen LogP contribution in [-0.2, 0) is 20.5 Å². The van der Waals surface area contributed by atoms with E-state index in [2.05, 4.69) is 10.3 Å². The van der Waals surface area contributed by atoms with Gasteiger partial charge < -0.3 is 19.5 Å². The average Bonchev–Trinajstić information content (AvgIpc) is 2.62. The van der Waals surface area contributed by atoms with Crippen molar-refractivity contribution in [2.45, 2.75) is 19.2 Å². The molecule has 1 unspecified atom stereocenters. The first-order valence-electron chi connectivity index (χ1n) is 7.88. The van der Waals surface area contributed by atoms with Crippen LogP contribution in [0.15, 0.2) is 30.5 Å². The van der Waals surface area contributed by atoms with Crippen LogP contribution in [0, 0.1) is 0 Å². The molecule has 1 amide bonds. The van der Waals surface area contributed by atoms with Crippen molar-refractivity contribution >= 4 is 29.2 Å². The zero-order valence-electron chi connectivity index (χ0n) is 14.2. The Hall–Kier alpha value is -3.01. The van der Waals surface area contributed by atoms with E-state index in [1.807, 2.05) is 0 Å². The van der Waals surface area contributed by atoms with Gasteiger partial charge in [0.15, 0.2) is 0 Å². The first kappa shape index (κ1) is 19.7. The van der Waals surface area contributed by atoms with Crippen LogP contribution in [0.5, 0.6) is 17.4 Å². The largest absolute Gasteiger partial charge is 0.466 e. The van der Waals surface area contributed by atoms with Crippen molar-refractivity contribution in [2.75, 3.05) is 11.9 Å². The average molecular weight is 417 g/mol. The van der Waals surface area contributed by atoms with Gasteiger partial charge in [-0.25, -0.2) is 9.78 Å². The molecule has 0 bridgehead atoms. The quantitative estimate of drug-likeness (QED) is 0.602. The number of nitrogens with one attached hydrogen (secondary N) is 1. The minimum Gasteiger partial charge on any atom is -0.466 e. The molecule has 148 valence electrons. The number of amides is 1. The van der Waals surface area contributed by atoms with Crippen LogP contribution in [0.3, 0.4) is 0 Å². The Bertz CT molecular complexity index is 935. The van der Waals surface area contributed by atoms with E-state index in [0.29, 0.717) is 12.3 Å². The number of hydrogen-bond acceptors (Lipinski definition) is 6. The lowest BCUT2D eigenvalue weighted by Gasteiger charge is -2.24. The normalized spacial score (nSPS) is 15.9. The van der Waals surface area contributed by atoms with Gasteiger partial charge in [0.1, 0.15) is 16.5 Å². The Morgan fingerprint density at radius 1 is 1.36 bits per heavy atom. The maximum absolute atomic E-state index is 12.7. The summed E-state index contributed by atoms with van der Waals surface area (Å²) < 4.78 is 53.5. The molecule has 1 N–H and O–H groups in total. The number of rotatable bonds is 4. The monoisotopic (exact) mass is 416 g/mol. The van der Waals surface area contributed by atoms with Gasteiger partial charge in [0.25, 0.3) is 12.0 Å². The summed E-state index contributed by atoms with van der Waals surface area (Å²) in [5.74, 6) is -1.48. The van der Waals surface area contributed by atoms with Gasteiger partial charge >= 0.3 is 12.1 Å². The predicted molar refractivity (Wildman–Crippen MR) is 90.4 cm³/mol. The van der Waals surface area contributed by atoms with E-state index in [9.17, 15) is 22.8 Å². The fourth-order valence-corrected chi connectivity index (χ4v) is 2.50. The number of aromatic nitrogens is 1. The van der Waals surface area contributed by atoms with E-state index < -0.39 is 29.7 Å². The number of fused-ring (bicyclic) bond motifs is 1. The molecule has 2 aromatic rings. The van der Waals surface area contributed by atoms with E-state index in [4.69, 9.17) is 25.8 Å². The summed E-state index contributed by atoms with van der Waals surface area (Å²) in [6, 6.07) is 4.87. The van der Waals surface area contributed by atoms with Crippen molar-refractivity contribution in [1.29, 1.82) is 0 Å². The molecule has 28 heavy (non-hydrogen) atoms. The molecule has 2 heterocycles. The fourth-order valence-electron chi connectivity index (χ4n) is 2.29. The summed E-state index contributed by atoms with van der Waals surface area (Å²) in [7, 11) is 0. The van der Waals surface area contributed by atoms with Gasteiger partial charge in [-0.2, -0.15) is 13.2 Å². The van der Waals surface area contributed by atoms with Gasteiger partial charge in [-0.05, 0) is 25.1 Å². The molecule has 1 aromatic carbocycles. The molecule has 0 spiro atoms. The van der Waals surface area contributed by atoms with Crippen LogP contribution in [0.2, 0.25) is 5.02 Å². The van der Waals surface area contributed by atoms with Crippen LogP contribution >= 0.6 is 11.6 Å². The summed E-state index contributed by atoms with van der Waals surface area (Å²) in [5, 5.41) is 2.13. The van der Waals surface area contributed by atoms with Gasteiger partial charge in [-0.1, -0.05) is 11.6 Å². The highest BCUT2D eigenvalue weighted by atomic mass is 35.5. The maximum Gasteiger partial charge on any atom is 0.417 e. The molecular weight excluding hydrogens is 405 g/mol. The number of alkyl halides is 3. The molecule has 0 saturated heterocycles. The molecule has 0 radical (unpaired) electrons. The second-order valence-electron chi connectivity index (χ2n) is 5.51. The molecule has 7 nitrogen and oxygen atoms in total. The van der Waals surface area contributed by atoms with Crippen LogP contribution in [0.4, 0.5) is 18.9 Å². The highest BCUT2D eigenvalue weighted by Crippen LogP contribution is 2.37. The summed E-state index contributed by atoms with van der Waals surface area (Å²) >= 11 is 5.80. The van der Waals surface area contributed by atoms with Crippen LogP contribution < -0.4 is 14.8 Å². The third-order valence-corrected chi connectivity index (χ3v) is 3.81. The van der Waals surface area contributed by atoms with Gasteiger partial charge in [0, 0.05) is 12.3 Å². The molecule has 0 aliphatic carbocycles. The number of carbonyl (C=O) groups excluding carboxylic acids is 2. The highest BCUT2D eigenvalue weighted by molar-refractivity contribution is 6.31. The lowest BCUT2D eigenvalue weighted by atomic mass is 10.2. The standard InChI is InChI=1S/C17H12ClF3N2O5/c1-2-26-16(25)13-14(24)23-11-6-9(3-4-12(11)28-13)27-15-10(18)5-8(7-22-15)17(19,20)21/h3-7,13H,2H2,1H3,(H,23,24). The van der Waals surface area contributed by atoms with Crippen molar-refractivity contribution in [1.82, 2.24) is 4.98 Å². The number of benzene rings is 1. The Morgan fingerprint density at radius 2 is 2.11 bits per heavy atom. The topological polar surface area (TPSA) is 86.8 Å². The number of halogens is 4. The van der Waals surface area contributed by atoms with Crippen LogP contribution in [-0.4, -0.2) is 29.6 Å². The Labute approximate surface area is 161 Å². The lowest BCUT2D eigenvalue weighted by molar-refractivity contribution is -0.155. The summed E-state index contributed by atoms with van der Waals surface area (Å²) in [5.41, 5.74) is -0.813. The molecule has 3 rings (SSSR count). The minimum atomic E-state index is -4.59. The van der Waals surface area contributed by atoms with E-state index in [-0.39, 0.29) is 34.7 Å². The zero-order chi connectivity index (χ0) is 20.5. The Balaban J connectivity index is 1.79. The molecule has 1 aliphatic heterocycles. The second-order valence-corrected chi connectivity index (χ2v) is 5.92. The van der Waals surface area contributed by atoms with Crippen molar-refractivity contribution < 1.29 is 37.0 Å². The molecule has 0 saturated carbocycles. The molecular formula is C17H12ClF3N2O5. The first-order valence-corrected chi connectivity index (χ1v) is 8.25. The van der Waals surface area contributed by atoms with E-state index in [1.54, 1.807) is 6.92 Å².